The van der Waals surface area contributed by atoms with Gasteiger partial charge in [-0.3, -0.25) is 0 Å². The number of halogens is 1. The van der Waals surface area contributed by atoms with Crippen LogP contribution in [-0.4, -0.2) is 32.3 Å². The van der Waals surface area contributed by atoms with Crippen LogP contribution in [0.5, 0.6) is 5.75 Å². The molecule has 6 heteroatoms. The number of anilines is 1. The number of hydrogen-bond acceptors (Lipinski definition) is 5. The number of fused-ring (bicyclic) bond motifs is 2. The molecular formula is C40H42ClNO4. The molecule has 0 amide bonds. The van der Waals surface area contributed by atoms with E-state index in [-0.39, 0.29) is 17.3 Å². The fourth-order valence-corrected chi connectivity index (χ4v) is 7.63. The van der Waals surface area contributed by atoms with Crippen LogP contribution < -0.4 is 10.1 Å². The Morgan fingerprint density at radius 1 is 0.826 bits per heavy atom. The van der Waals surface area contributed by atoms with Crippen LogP contribution in [0.25, 0.3) is 6.08 Å². The van der Waals surface area contributed by atoms with Crippen LogP contribution in [-0.2, 0) is 32.7 Å². The van der Waals surface area contributed by atoms with E-state index in [2.05, 4.69) is 78.1 Å². The van der Waals surface area contributed by atoms with Crippen LogP contribution in [0.3, 0.4) is 0 Å². The van der Waals surface area contributed by atoms with Crippen LogP contribution >= 0.6 is 11.6 Å². The smallest absolute Gasteiger partial charge is 0.331 e. The number of benzene rings is 4. The third-order valence-electron chi connectivity index (χ3n) is 9.82. The van der Waals surface area contributed by atoms with Gasteiger partial charge >= 0.3 is 5.97 Å². The van der Waals surface area contributed by atoms with E-state index in [0.29, 0.717) is 31.1 Å². The maximum atomic E-state index is 13.4. The number of ether oxygens (including phenoxy) is 3. The average molecular weight is 636 g/mol. The number of methoxy groups -OCH3 is 2. The molecule has 0 saturated heterocycles. The van der Waals surface area contributed by atoms with Gasteiger partial charge in [0.2, 0.25) is 0 Å². The van der Waals surface area contributed by atoms with Crippen molar-refractivity contribution >= 4 is 29.3 Å². The third-order valence-corrected chi connectivity index (χ3v) is 10.1. The van der Waals surface area contributed by atoms with Crippen LogP contribution in [0.2, 0.25) is 5.02 Å². The first-order chi connectivity index (χ1) is 22.4. The molecule has 2 aliphatic carbocycles. The maximum Gasteiger partial charge on any atom is 0.331 e. The first kappa shape index (κ1) is 31.9. The Bertz CT molecular complexity index is 1660. The van der Waals surface area contributed by atoms with Gasteiger partial charge in [-0.15, -0.1) is 0 Å². The molecule has 0 heterocycles. The second kappa shape index (κ2) is 14.1. The summed E-state index contributed by atoms with van der Waals surface area (Å²) in [6, 6.07) is 35.1. The van der Waals surface area contributed by atoms with E-state index in [0.717, 1.165) is 42.7 Å². The van der Waals surface area contributed by atoms with Gasteiger partial charge in [0.15, 0.2) is 0 Å². The molecule has 6 rings (SSSR count). The van der Waals surface area contributed by atoms with Crippen molar-refractivity contribution in [2.45, 2.75) is 56.1 Å². The highest BCUT2D eigenvalue weighted by molar-refractivity contribution is 6.30. The molecule has 0 aromatic heterocycles. The number of nitrogens with one attached hydrogen (secondary N) is 1. The average Bonchev–Trinajstić information content (AvgIpc) is 3.38. The molecule has 46 heavy (non-hydrogen) atoms. The third kappa shape index (κ3) is 6.86. The van der Waals surface area contributed by atoms with E-state index in [9.17, 15) is 4.79 Å². The highest BCUT2D eigenvalue weighted by atomic mass is 35.5. The second-order valence-corrected chi connectivity index (χ2v) is 13.1. The van der Waals surface area contributed by atoms with E-state index in [1.165, 1.54) is 29.4 Å². The molecule has 1 fully saturated rings. The number of allylic oxidation sites excluding steroid dienone is 1. The van der Waals surface area contributed by atoms with Crippen molar-refractivity contribution < 1.29 is 19.0 Å². The van der Waals surface area contributed by atoms with Gasteiger partial charge < -0.3 is 19.5 Å². The summed E-state index contributed by atoms with van der Waals surface area (Å²) in [4.78, 5) is 13.4. The van der Waals surface area contributed by atoms with Crippen LogP contribution in [0, 0.1) is 5.92 Å². The molecule has 5 nitrogen and oxygen atoms in total. The predicted octanol–water partition coefficient (Wildman–Crippen LogP) is 9.05. The standard InChI is InChI=1S/C40H42ClNO4/c1-44-36-17-15-30(16-18-36)27-46-28-31(23-29-9-4-3-5-10-29)24-33-25-32-11-6-7-14-37(32)39(33)19-21-40(22-20-39,38(43)45-2)42-35-13-8-12-34(41)26-35/h3-18,25-26,31,42H,19-24,27-28H2,1-2H3. The van der Waals surface area contributed by atoms with Gasteiger partial charge in [-0.05, 0) is 97.0 Å². The minimum Gasteiger partial charge on any atom is -0.497 e. The van der Waals surface area contributed by atoms with Gasteiger partial charge in [0.1, 0.15) is 11.3 Å². The lowest BCUT2D eigenvalue weighted by Gasteiger charge is -2.46. The molecule has 0 bridgehead atoms. The summed E-state index contributed by atoms with van der Waals surface area (Å²) in [5.41, 5.74) is 6.38. The number of hydrogen-bond donors (Lipinski definition) is 1. The predicted molar refractivity (Wildman–Crippen MR) is 185 cm³/mol. The summed E-state index contributed by atoms with van der Waals surface area (Å²) in [5, 5.41) is 4.18. The fourth-order valence-electron chi connectivity index (χ4n) is 7.44. The van der Waals surface area contributed by atoms with E-state index in [4.69, 9.17) is 25.8 Å². The molecule has 2 aliphatic rings. The molecule has 238 valence electrons. The number of esters is 1. The molecule has 1 saturated carbocycles. The van der Waals surface area contributed by atoms with Crippen molar-refractivity contribution in [2.75, 3.05) is 26.1 Å². The van der Waals surface area contributed by atoms with E-state index >= 15 is 0 Å². The molecule has 1 N–H and O–H groups in total. The second-order valence-electron chi connectivity index (χ2n) is 12.7. The highest BCUT2D eigenvalue weighted by Gasteiger charge is 2.52. The first-order valence-corrected chi connectivity index (χ1v) is 16.5. The zero-order valence-corrected chi connectivity index (χ0v) is 27.4. The van der Waals surface area contributed by atoms with Crippen molar-refractivity contribution in [1.29, 1.82) is 0 Å². The monoisotopic (exact) mass is 635 g/mol. The van der Waals surface area contributed by atoms with Crippen molar-refractivity contribution in [3.63, 3.8) is 0 Å². The van der Waals surface area contributed by atoms with Crippen LogP contribution in [0.1, 0.15) is 54.4 Å². The number of carbonyl (C=O) groups excluding carboxylic acids is 1. The Hall–Kier alpha value is -4.06. The van der Waals surface area contributed by atoms with Crippen molar-refractivity contribution in [3.05, 3.63) is 136 Å². The van der Waals surface area contributed by atoms with Crippen LogP contribution in [0.15, 0.2) is 109 Å². The molecule has 0 radical (unpaired) electrons. The molecule has 1 atom stereocenters. The minimum absolute atomic E-state index is 0.144. The molecule has 4 aromatic carbocycles. The number of rotatable bonds is 12. The quantitative estimate of drug-likeness (QED) is 0.157. The Morgan fingerprint density at radius 2 is 1.57 bits per heavy atom. The zero-order valence-electron chi connectivity index (χ0n) is 26.6. The summed E-state index contributed by atoms with van der Waals surface area (Å²) < 4.78 is 17.1. The van der Waals surface area contributed by atoms with Gasteiger partial charge in [0.25, 0.3) is 0 Å². The lowest BCUT2D eigenvalue weighted by molar-refractivity contribution is -0.147. The molecule has 1 spiro atoms. The summed E-state index contributed by atoms with van der Waals surface area (Å²) in [5.74, 6) is 0.901. The normalized spacial score (nSPS) is 20.9. The van der Waals surface area contributed by atoms with Gasteiger partial charge in [-0.1, -0.05) is 96.0 Å². The Kier molecular flexibility index (Phi) is 9.81. The lowest BCUT2D eigenvalue weighted by Crippen LogP contribution is -2.52. The topological polar surface area (TPSA) is 56.8 Å². The van der Waals surface area contributed by atoms with Gasteiger partial charge in [-0.25, -0.2) is 4.79 Å². The Labute approximate surface area is 277 Å². The van der Waals surface area contributed by atoms with Gasteiger partial charge in [0.05, 0.1) is 27.4 Å². The fraction of sp³-hybridized carbons (Fsp3) is 0.325. The van der Waals surface area contributed by atoms with Crippen LogP contribution in [0.4, 0.5) is 5.69 Å². The van der Waals surface area contributed by atoms with Crippen molar-refractivity contribution in [2.24, 2.45) is 5.92 Å². The first-order valence-electron chi connectivity index (χ1n) is 16.1. The zero-order chi connectivity index (χ0) is 32.0. The summed E-state index contributed by atoms with van der Waals surface area (Å²) in [6.07, 6.45) is 7.22. The Balaban J connectivity index is 1.24. The van der Waals surface area contributed by atoms with E-state index < -0.39 is 5.54 Å². The largest absolute Gasteiger partial charge is 0.497 e. The summed E-state index contributed by atoms with van der Waals surface area (Å²) >= 11 is 6.31. The van der Waals surface area contributed by atoms with Gasteiger partial charge in [-0.2, -0.15) is 0 Å². The number of carbonyl (C=O) groups is 1. The van der Waals surface area contributed by atoms with Crippen molar-refractivity contribution in [3.8, 4) is 5.75 Å². The van der Waals surface area contributed by atoms with E-state index in [1.54, 1.807) is 7.11 Å². The minimum atomic E-state index is -0.821. The summed E-state index contributed by atoms with van der Waals surface area (Å²) in [6.45, 7) is 1.20. The lowest BCUT2D eigenvalue weighted by atomic mass is 9.61. The Morgan fingerprint density at radius 3 is 2.28 bits per heavy atom. The molecule has 4 aromatic rings. The van der Waals surface area contributed by atoms with Gasteiger partial charge in [0, 0.05) is 16.1 Å². The van der Waals surface area contributed by atoms with E-state index in [1.807, 2.05) is 36.4 Å². The SMILES string of the molecule is COC(=O)C1(Nc2cccc(Cl)c2)CCC2(CC1)C(CC(COCc1ccc(OC)cc1)Cc1ccccc1)=Cc1ccccc12. The molecule has 0 aliphatic heterocycles. The molecule has 1 unspecified atom stereocenters. The molecular weight excluding hydrogens is 594 g/mol. The maximum absolute atomic E-state index is 13.4. The highest BCUT2D eigenvalue weighted by Crippen LogP contribution is 2.55. The van der Waals surface area contributed by atoms with Crippen molar-refractivity contribution in [1.82, 2.24) is 0 Å². The summed E-state index contributed by atoms with van der Waals surface area (Å²) in [7, 11) is 3.16.